The van der Waals surface area contributed by atoms with Crippen molar-refractivity contribution in [2.24, 2.45) is 0 Å². The molecule has 1 unspecified atom stereocenters. The zero-order valence-corrected chi connectivity index (χ0v) is 14.5. The van der Waals surface area contributed by atoms with Gasteiger partial charge in [0, 0.05) is 8.95 Å². The molecule has 1 heterocycles. The van der Waals surface area contributed by atoms with E-state index in [0.717, 1.165) is 27.6 Å². The Hall–Kier alpha value is -0.920. The predicted octanol–water partition coefficient (Wildman–Crippen LogP) is 4.40. The van der Waals surface area contributed by atoms with E-state index in [-0.39, 0.29) is 6.04 Å². The molecule has 2 rings (SSSR count). The molecular formula is C13H16Br2N4O. The van der Waals surface area contributed by atoms with Crippen molar-refractivity contribution in [3.63, 3.8) is 0 Å². The fourth-order valence-electron chi connectivity index (χ4n) is 1.61. The number of nitrogens with one attached hydrogen (secondary N) is 2. The summed E-state index contributed by atoms with van der Waals surface area (Å²) in [4.78, 5) is 0. The van der Waals surface area contributed by atoms with E-state index in [2.05, 4.69) is 59.6 Å². The van der Waals surface area contributed by atoms with E-state index < -0.39 is 0 Å². The Kier molecular flexibility index (Phi) is 5.56. The van der Waals surface area contributed by atoms with Crippen molar-refractivity contribution in [3.05, 3.63) is 33.0 Å². The van der Waals surface area contributed by atoms with Gasteiger partial charge in [-0.25, -0.2) is 0 Å². The lowest BCUT2D eigenvalue weighted by Gasteiger charge is -2.08. The van der Waals surface area contributed by atoms with Gasteiger partial charge in [0.25, 0.3) is 0 Å². The minimum Gasteiger partial charge on any atom is -0.406 e. The third kappa shape index (κ3) is 4.04. The van der Waals surface area contributed by atoms with Crippen molar-refractivity contribution in [2.45, 2.75) is 26.3 Å². The van der Waals surface area contributed by atoms with Crippen LogP contribution in [0.3, 0.4) is 0 Å². The van der Waals surface area contributed by atoms with Gasteiger partial charge in [-0.1, -0.05) is 28.0 Å². The molecule has 1 atom stereocenters. The standard InChI is InChI=1S/C13H16Br2N4O/c1-3-6-16-8(2)12-18-19-13(20-12)17-11-5-4-9(14)7-10(11)15/h4-5,7-8,16H,3,6H2,1-2H3,(H,17,19). The summed E-state index contributed by atoms with van der Waals surface area (Å²) in [6, 6.07) is 6.25. The number of anilines is 2. The molecule has 0 amide bonds. The van der Waals surface area contributed by atoms with Gasteiger partial charge in [-0.15, -0.1) is 5.10 Å². The van der Waals surface area contributed by atoms with E-state index in [1.54, 1.807) is 0 Å². The third-order valence-corrected chi connectivity index (χ3v) is 3.83. The number of nitrogens with zero attached hydrogens (tertiary/aromatic N) is 2. The zero-order valence-electron chi connectivity index (χ0n) is 11.3. The second kappa shape index (κ2) is 7.19. The Morgan fingerprint density at radius 3 is 2.80 bits per heavy atom. The number of halogens is 2. The monoisotopic (exact) mass is 402 g/mol. The van der Waals surface area contributed by atoms with E-state index in [9.17, 15) is 0 Å². The maximum absolute atomic E-state index is 5.60. The van der Waals surface area contributed by atoms with E-state index >= 15 is 0 Å². The third-order valence-electron chi connectivity index (χ3n) is 2.68. The molecule has 5 nitrogen and oxygen atoms in total. The molecule has 0 bridgehead atoms. The normalized spacial score (nSPS) is 12.4. The van der Waals surface area contributed by atoms with Gasteiger partial charge < -0.3 is 15.1 Å². The molecule has 0 spiro atoms. The molecule has 108 valence electrons. The van der Waals surface area contributed by atoms with Crippen molar-refractivity contribution in [3.8, 4) is 0 Å². The van der Waals surface area contributed by atoms with Crippen LogP contribution >= 0.6 is 31.9 Å². The van der Waals surface area contributed by atoms with E-state index in [1.165, 1.54) is 0 Å². The van der Waals surface area contributed by atoms with Crippen LogP contribution in [-0.4, -0.2) is 16.7 Å². The molecular weight excluding hydrogens is 388 g/mol. The molecule has 0 aliphatic carbocycles. The number of hydrogen-bond donors (Lipinski definition) is 2. The first kappa shape index (κ1) is 15.5. The molecule has 0 saturated carbocycles. The van der Waals surface area contributed by atoms with Crippen molar-refractivity contribution in [2.75, 3.05) is 11.9 Å². The van der Waals surface area contributed by atoms with Crippen molar-refractivity contribution < 1.29 is 4.42 Å². The van der Waals surface area contributed by atoms with Crippen LogP contribution in [0, 0.1) is 0 Å². The summed E-state index contributed by atoms with van der Waals surface area (Å²) in [6.07, 6.45) is 1.06. The highest BCUT2D eigenvalue weighted by atomic mass is 79.9. The lowest BCUT2D eigenvalue weighted by Crippen LogP contribution is -2.19. The first-order valence-electron chi connectivity index (χ1n) is 6.39. The van der Waals surface area contributed by atoms with Gasteiger partial charge in [0.2, 0.25) is 5.89 Å². The molecule has 0 radical (unpaired) electrons. The molecule has 7 heteroatoms. The Bertz CT molecular complexity index is 573. The van der Waals surface area contributed by atoms with Gasteiger partial charge in [0.05, 0.1) is 11.7 Å². The quantitative estimate of drug-likeness (QED) is 0.748. The molecule has 2 aromatic rings. The highest BCUT2D eigenvalue weighted by molar-refractivity contribution is 9.11. The predicted molar refractivity (Wildman–Crippen MR) is 86.1 cm³/mol. The lowest BCUT2D eigenvalue weighted by molar-refractivity contribution is 0.424. The molecule has 1 aromatic heterocycles. The first-order valence-corrected chi connectivity index (χ1v) is 7.97. The van der Waals surface area contributed by atoms with Crippen molar-refractivity contribution in [1.82, 2.24) is 15.5 Å². The summed E-state index contributed by atoms with van der Waals surface area (Å²) in [5.74, 6) is 0.578. The summed E-state index contributed by atoms with van der Waals surface area (Å²) < 4.78 is 7.52. The van der Waals surface area contributed by atoms with Gasteiger partial charge in [-0.05, 0) is 54.0 Å². The van der Waals surface area contributed by atoms with Gasteiger partial charge >= 0.3 is 6.01 Å². The molecule has 1 aromatic carbocycles. The number of hydrogen-bond acceptors (Lipinski definition) is 5. The fourth-order valence-corrected chi connectivity index (χ4v) is 2.76. The van der Waals surface area contributed by atoms with Gasteiger partial charge in [-0.2, -0.15) is 0 Å². The Morgan fingerprint density at radius 2 is 2.10 bits per heavy atom. The Balaban J connectivity index is 2.05. The maximum atomic E-state index is 5.60. The van der Waals surface area contributed by atoms with Crippen LogP contribution in [0.25, 0.3) is 0 Å². The average molecular weight is 404 g/mol. The summed E-state index contributed by atoms with van der Waals surface area (Å²) >= 11 is 6.89. The minimum atomic E-state index is 0.0476. The van der Waals surface area contributed by atoms with Gasteiger partial charge in [0.1, 0.15) is 0 Å². The zero-order chi connectivity index (χ0) is 14.5. The van der Waals surface area contributed by atoms with Crippen LogP contribution in [0.5, 0.6) is 0 Å². The Labute approximate surface area is 134 Å². The summed E-state index contributed by atoms with van der Waals surface area (Å²) in [6.45, 7) is 5.04. The second-order valence-corrected chi connectivity index (χ2v) is 6.14. The highest BCUT2D eigenvalue weighted by Crippen LogP contribution is 2.28. The Morgan fingerprint density at radius 1 is 1.30 bits per heavy atom. The first-order chi connectivity index (χ1) is 9.60. The van der Waals surface area contributed by atoms with Crippen LogP contribution in [0.15, 0.2) is 31.6 Å². The van der Waals surface area contributed by atoms with E-state index in [4.69, 9.17) is 4.42 Å². The minimum absolute atomic E-state index is 0.0476. The smallest absolute Gasteiger partial charge is 0.320 e. The van der Waals surface area contributed by atoms with Crippen LogP contribution in [0.1, 0.15) is 32.2 Å². The van der Waals surface area contributed by atoms with E-state index in [0.29, 0.717) is 11.9 Å². The van der Waals surface area contributed by atoms with E-state index in [1.807, 2.05) is 25.1 Å². The largest absolute Gasteiger partial charge is 0.406 e. The summed E-state index contributed by atoms with van der Waals surface area (Å²) in [7, 11) is 0. The molecule has 20 heavy (non-hydrogen) atoms. The van der Waals surface area contributed by atoms with Crippen molar-refractivity contribution in [1.29, 1.82) is 0 Å². The van der Waals surface area contributed by atoms with Crippen LogP contribution in [0.4, 0.5) is 11.7 Å². The molecule has 2 N–H and O–H groups in total. The maximum Gasteiger partial charge on any atom is 0.320 e. The SMILES string of the molecule is CCCNC(C)c1nnc(Nc2ccc(Br)cc2Br)o1. The lowest BCUT2D eigenvalue weighted by atomic mass is 10.3. The number of benzene rings is 1. The van der Waals surface area contributed by atoms with Gasteiger partial charge in [0.15, 0.2) is 0 Å². The summed E-state index contributed by atoms with van der Waals surface area (Å²) in [5, 5.41) is 14.5. The average Bonchev–Trinajstić information content (AvgIpc) is 2.88. The van der Waals surface area contributed by atoms with Crippen molar-refractivity contribution >= 4 is 43.6 Å². The van der Waals surface area contributed by atoms with Crippen LogP contribution in [-0.2, 0) is 0 Å². The topological polar surface area (TPSA) is 63.0 Å². The summed E-state index contributed by atoms with van der Waals surface area (Å²) in [5.41, 5.74) is 0.873. The van der Waals surface area contributed by atoms with Crippen LogP contribution in [0.2, 0.25) is 0 Å². The van der Waals surface area contributed by atoms with Crippen LogP contribution < -0.4 is 10.6 Å². The number of aromatic nitrogens is 2. The number of rotatable bonds is 6. The molecule has 0 fully saturated rings. The highest BCUT2D eigenvalue weighted by Gasteiger charge is 2.13. The molecule has 0 aliphatic heterocycles. The fraction of sp³-hybridized carbons (Fsp3) is 0.385. The molecule has 0 saturated heterocycles. The van der Waals surface area contributed by atoms with Gasteiger partial charge in [-0.3, -0.25) is 0 Å². The second-order valence-electron chi connectivity index (χ2n) is 4.37. The molecule has 0 aliphatic rings.